The summed E-state index contributed by atoms with van der Waals surface area (Å²) < 4.78 is 0. The molecule has 2 aromatic rings. The molecule has 4 heteroatoms. The number of thioether (sulfide) groups is 1. The van der Waals surface area contributed by atoms with Crippen LogP contribution < -0.4 is 11.3 Å². The molecule has 0 aliphatic heterocycles. The van der Waals surface area contributed by atoms with Crippen LogP contribution in [0.3, 0.4) is 0 Å². The molecule has 0 aliphatic carbocycles. The van der Waals surface area contributed by atoms with Crippen LogP contribution in [0.1, 0.15) is 12.0 Å². The first-order chi connectivity index (χ1) is 8.85. The summed E-state index contributed by atoms with van der Waals surface area (Å²) in [5, 5.41) is 1.23. The van der Waals surface area contributed by atoms with Gasteiger partial charge in [-0.2, -0.15) is 11.8 Å². The topological polar surface area (TPSA) is 50.9 Å². The van der Waals surface area contributed by atoms with Gasteiger partial charge in [-0.05, 0) is 42.5 Å². The summed E-state index contributed by atoms with van der Waals surface area (Å²) >= 11 is 1.85. The van der Waals surface area contributed by atoms with E-state index in [-0.39, 0.29) is 0 Å². The van der Waals surface area contributed by atoms with Crippen LogP contribution in [0.2, 0.25) is 0 Å². The molecule has 2 rings (SSSR count). The normalized spacial score (nSPS) is 12.8. The van der Waals surface area contributed by atoms with Crippen LogP contribution in [-0.4, -0.2) is 23.0 Å². The highest BCUT2D eigenvalue weighted by Crippen LogP contribution is 2.18. The van der Waals surface area contributed by atoms with Crippen LogP contribution in [-0.2, 0) is 6.42 Å². The van der Waals surface area contributed by atoms with E-state index in [0.29, 0.717) is 6.04 Å². The average Bonchev–Trinajstić information content (AvgIpc) is 2.43. The predicted molar refractivity (Wildman–Crippen MR) is 79.6 cm³/mol. The van der Waals surface area contributed by atoms with Gasteiger partial charge in [-0.15, -0.1) is 0 Å². The second kappa shape index (κ2) is 6.73. The smallest absolute Gasteiger partial charge is 0.0704 e. The number of aromatic nitrogens is 1. The van der Waals surface area contributed by atoms with Crippen molar-refractivity contribution in [3.63, 3.8) is 0 Å². The number of pyridine rings is 1. The minimum Gasteiger partial charge on any atom is -0.271 e. The zero-order chi connectivity index (χ0) is 12.8. The van der Waals surface area contributed by atoms with Gasteiger partial charge in [0.05, 0.1) is 5.52 Å². The van der Waals surface area contributed by atoms with Gasteiger partial charge in [0.15, 0.2) is 0 Å². The first-order valence-corrected chi connectivity index (χ1v) is 7.52. The molecule has 18 heavy (non-hydrogen) atoms. The molecular weight excluding hydrogens is 242 g/mol. The maximum atomic E-state index is 5.63. The highest BCUT2D eigenvalue weighted by Gasteiger charge is 2.09. The molecule has 0 fully saturated rings. The van der Waals surface area contributed by atoms with Gasteiger partial charge in [-0.25, -0.2) is 0 Å². The van der Waals surface area contributed by atoms with Gasteiger partial charge < -0.3 is 0 Å². The molecule has 1 atom stereocenters. The lowest BCUT2D eigenvalue weighted by atomic mass is 10.0. The summed E-state index contributed by atoms with van der Waals surface area (Å²) in [6.07, 6.45) is 6.02. The van der Waals surface area contributed by atoms with Crippen LogP contribution >= 0.6 is 11.8 Å². The summed E-state index contributed by atoms with van der Waals surface area (Å²) in [6, 6.07) is 10.7. The SMILES string of the molecule is CSCCC(Cc1ccnc2ccccc12)NN. The molecule has 0 bridgehead atoms. The number of benzene rings is 1. The minimum absolute atomic E-state index is 0.322. The number of hydrogen-bond acceptors (Lipinski definition) is 4. The van der Waals surface area contributed by atoms with E-state index in [0.717, 1.165) is 24.1 Å². The Kier molecular flexibility index (Phi) is 4.99. The zero-order valence-corrected chi connectivity index (χ0v) is 11.4. The number of para-hydroxylation sites is 1. The first kappa shape index (κ1) is 13.3. The van der Waals surface area contributed by atoms with E-state index < -0.39 is 0 Å². The zero-order valence-electron chi connectivity index (χ0n) is 10.6. The fourth-order valence-corrected chi connectivity index (χ4v) is 2.62. The van der Waals surface area contributed by atoms with Crippen LogP contribution in [0.5, 0.6) is 0 Å². The van der Waals surface area contributed by atoms with Gasteiger partial charge in [0.25, 0.3) is 0 Å². The minimum atomic E-state index is 0.322. The van der Waals surface area contributed by atoms with Crippen molar-refractivity contribution in [2.24, 2.45) is 5.84 Å². The number of fused-ring (bicyclic) bond motifs is 1. The lowest BCUT2D eigenvalue weighted by Crippen LogP contribution is -2.37. The van der Waals surface area contributed by atoms with Crippen molar-refractivity contribution in [2.45, 2.75) is 18.9 Å². The van der Waals surface area contributed by atoms with E-state index in [1.54, 1.807) is 0 Å². The maximum Gasteiger partial charge on any atom is 0.0704 e. The van der Waals surface area contributed by atoms with E-state index in [4.69, 9.17) is 5.84 Å². The Morgan fingerprint density at radius 3 is 2.94 bits per heavy atom. The summed E-state index contributed by atoms with van der Waals surface area (Å²) in [6.45, 7) is 0. The number of nitrogens with two attached hydrogens (primary N) is 1. The molecule has 0 spiro atoms. The van der Waals surface area contributed by atoms with Gasteiger partial charge >= 0.3 is 0 Å². The first-order valence-electron chi connectivity index (χ1n) is 6.13. The van der Waals surface area contributed by atoms with E-state index in [2.05, 4.69) is 34.9 Å². The van der Waals surface area contributed by atoms with Crippen molar-refractivity contribution >= 4 is 22.7 Å². The van der Waals surface area contributed by atoms with Crippen molar-refractivity contribution in [3.8, 4) is 0 Å². The Morgan fingerprint density at radius 1 is 1.33 bits per heavy atom. The fourth-order valence-electron chi connectivity index (χ4n) is 2.10. The molecular formula is C14H19N3S. The third kappa shape index (κ3) is 3.22. The van der Waals surface area contributed by atoms with Gasteiger partial charge in [-0.1, -0.05) is 18.2 Å². The largest absolute Gasteiger partial charge is 0.271 e. The van der Waals surface area contributed by atoms with Crippen molar-refractivity contribution in [3.05, 3.63) is 42.1 Å². The van der Waals surface area contributed by atoms with Crippen LogP contribution in [0.25, 0.3) is 10.9 Å². The second-order valence-electron chi connectivity index (χ2n) is 4.34. The van der Waals surface area contributed by atoms with Crippen molar-refractivity contribution in [1.29, 1.82) is 0 Å². The van der Waals surface area contributed by atoms with Crippen molar-refractivity contribution in [2.75, 3.05) is 12.0 Å². The predicted octanol–water partition coefficient (Wildman–Crippen LogP) is 2.36. The molecule has 3 N–H and O–H groups in total. The van der Waals surface area contributed by atoms with Crippen LogP contribution in [0.4, 0.5) is 0 Å². The molecule has 96 valence electrons. The monoisotopic (exact) mass is 261 g/mol. The molecule has 0 saturated carbocycles. The highest BCUT2D eigenvalue weighted by molar-refractivity contribution is 7.98. The molecule has 3 nitrogen and oxygen atoms in total. The number of nitrogens with zero attached hydrogens (tertiary/aromatic N) is 1. The number of nitrogens with one attached hydrogen (secondary N) is 1. The fraction of sp³-hybridized carbons (Fsp3) is 0.357. The Balaban J connectivity index is 2.19. The van der Waals surface area contributed by atoms with Crippen molar-refractivity contribution in [1.82, 2.24) is 10.4 Å². The summed E-state index contributed by atoms with van der Waals surface area (Å²) in [4.78, 5) is 4.38. The molecule has 1 aromatic heterocycles. The lowest BCUT2D eigenvalue weighted by Gasteiger charge is -2.16. The van der Waals surface area contributed by atoms with E-state index in [1.165, 1.54) is 10.9 Å². The molecule has 1 unspecified atom stereocenters. The number of hydrogen-bond donors (Lipinski definition) is 2. The molecule has 1 heterocycles. The van der Waals surface area contributed by atoms with Crippen molar-refractivity contribution < 1.29 is 0 Å². The average molecular weight is 261 g/mol. The third-order valence-electron chi connectivity index (χ3n) is 3.11. The Labute approximate surface area is 112 Å². The second-order valence-corrected chi connectivity index (χ2v) is 5.32. The maximum absolute atomic E-state index is 5.63. The third-order valence-corrected chi connectivity index (χ3v) is 3.76. The van der Waals surface area contributed by atoms with E-state index >= 15 is 0 Å². The van der Waals surface area contributed by atoms with E-state index in [9.17, 15) is 0 Å². The van der Waals surface area contributed by atoms with Crippen LogP contribution in [0.15, 0.2) is 36.5 Å². The van der Waals surface area contributed by atoms with Gasteiger partial charge in [-0.3, -0.25) is 16.3 Å². The highest BCUT2D eigenvalue weighted by atomic mass is 32.2. The van der Waals surface area contributed by atoms with Gasteiger partial charge in [0.2, 0.25) is 0 Å². The number of rotatable bonds is 6. The molecule has 0 amide bonds. The molecule has 0 saturated heterocycles. The Bertz CT molecular complexity index is 496. The quantitative estimate of drug-likeness (QED) is 0.619. The standard InChI is InChI=1S/C14H19N3S/c1-18-9-7-12(17-15)10-11-6-8-16-14-5-3-2-4-13(11)14/h2-6,8,12,17H,7,9-10,15H2,1H3. The van der Waals surface area contributed by atoms with E-state index in [1.807, 2.05) is 30.1 Å². The molecule has 1 aromatic carbocycles. The Hall–Kier alpha value is -1.10. The molecule has 0 aliphatic rings. The molecule has 0 radical (unpaired) electrons. The van der Waals surface area contributed by atoms with Gasteiger partial charge in [0, 0.05) is 17.6 Å². The summed E-state index contributed by atoms with van der Waals surface area (Å²) in [5.74, 6) is 6.75. The lowest BCUT2D eigenvalue weighted by molar-refractivity contribution is 0.515. The number of hydrazine groups is 1. The van der Waals surface area contributed by atoms with Gasteiger partial charge in [0.1, 0.15) is 0 Å². The Morgan fingerprint density at radius 2 is 2.17 bits per heavy atom. The summed E-state index contributed by atoms with van der Waals surface area (Å²) in [7, 11) is 0. The summed E-state index contributed by atoms with van der Waals surface area (Å²) in [5.41, 5.74) is 5.28. The van der Waals surface area contributed by atoms with Crippen LogP contribution in [0, 0.1) is 0 Å².